The number of halogens is 2. The fraction of sp³-hybridized carbons (Fsp3) is 0.444. The first kappa shape index (κ1) is 15.9. The molecular formula is C9H12BrClN2O3S2. The van der Waals surface area contributed by atoms with Gasteiger partial charge in [0.2, 0.25) is 5.91 Å². The summed E-state index contributed by atoms with van der Waals surface area (Å²) < 4.78 is 27.2. The van der Waals surface area contributed by atoms with Crippen molar-refractivity contribution < 1.29 is 13.2 Å². The van der Waals surface area contributed by atoms with E-state index in [0.717, 1.165) is 11.3 Å². The lowest BCUT2D eigenvalue weighted by atomic mass is 10.0. The van der Waals surface area contributed by atoms with Crippen LogP contribution in [0.3, 0.4) is 0 Å². The third-order valence-corrected chi connectivity index (χ3v) is 6.56. The van der Waals surface area contributed by atoms with Gasteiger partial charge in [-0.25, -0.2) is 13.1 Å². The van der Waals surface area contributed by atoms with Crippen LogP contribution in [-0.4, -0.2) is 19.9 Å². The van der Waals surface area contributed by atoms with E-state index in [1.165, 1.54) is 6.07 Å². The van der Waals surface area contributed by atoms with Crippen LogP contribution in [0.1, 0.15) is 20.3 Å². The van der Waals surface area contributed by atoms with Crippen molar-refractivity contribution >= 4 is 54.8 Å². The summed E-state index contributed by atoms with van der Waals surface area (Å²) in [6.07, 6.45) is -0.0908. The minimum atomic E-state index is -3.72. The van der Waals surface area contributed by atoms with Gasteiger partial charge in [0, 0.05) is 12.0 Å². The molecule has 0 aliphatic heterocycles. The summed E-state index contributed by atoms with van der Waals surface area (Å²) in [5.74, 6) is -0.576. The van der Waals surface area contributed by atoms with Crippen LogP contribution in [0, 0.1) is 0 Å². The van der Waals surface area contributed by atoms with Gasteiger partial charge in [0.1, 0.15) is 4.21 Å². The first-order chi connectivity index (χ1) is 8.03. The van der Waals surface area contributed by atoms with Crippen LogP contribution in [0.15, 0.2) is 14.1 Å². The molecule has 0 aliphatic rings. The summed E-state index contributed by atoms with van der Waals surface area (Å²) in [6.45, 7) is 3.17. The van der Waals surface area contributed by atoms with E-state index < -0.39 is 21.5 Å². The highest BCUT2D eigenvalue weighted by Gasteiger charge is 2.29. The molecule has 0 fully saturated rings. The Labute approximate surface area is 123 Å². The van der Waals surface area contributed by atoms with Crippen LogP contribution in [0.25, 0.3) is 0 Å². The number of nitrogens with two attached hydrogens (primary N) is 1. The SMILES string of the molecule is CC(C)(CC(N)=O)NS(=O)(=O)c1cc(Cl)c(Br)s1. The van der Waals surface area contributed by atoms with Crippen LogP contribution in [0.4, 0.5) is 0 Å². The molecule has 102 valence electrons. The van der Waals surface area contributed by atoms with Crippen LogP contribution in [0.2, 0.25) is 5.02 Å². The van der Waals surface area contributed by atoms with Gasteiger partial charge < -0.3 is 5.73 Å². The summed E-state index contributed by atoms with van der Waals surface area (Å²) in [5, 5.41) is 0.327. The second-order valence-electron chi connectivity index (χ2n) is 4.32. The minimum absolute atomic E-state index is 0.0805. The van der Waals surface area contributed by atoms with Gasteiger partial charge in [-0.2, -0.15) is 0 Å². The number of amides is 1. The fourth-order valence-corrected chi connectivity index (χ4v) is 5.16. The van der Waals surface area contributed by atoms with E-state index in [-0.39, 0.29) is 10.6 Å². The number of hydrogen-bond acceptors (Lipinski definition) is 4. The van der Waals surface area contributed by atoms with E-state index in [0.29, 0.717) is 8.81 Å². The Morgan fingerprint density at radius 1 is 1.61 bits per heavy atom. The Hall–Kier alpha value is -0.150. The number of primary amides is 1. The van der Waals surface area contributed by atoms with Gasteiger partial charge in [0.25, 0.3) is 10.0 Å². The van der Waals surface area contributed by atoms with Crippen molar-refractivity contribution in [3.8, 4) is 0 Å². The molecule has 0 saturated carbocycles. The molecule has 5 nitrogen and oxygen atoms in total. The van der Waals surface area contributed by atoms with Gasteiger partial charge in [0.05, 0.1) is 8.81 Å². The number of carbonyl (C=O) groups is 1. The first-order valence-corrected chi connectivity index (χ1v) is 8.28. The zero-order valence-electron chi connectivity index (χ0n) is 9.66. The van der Waals surface area contributed by atoms with E-state index in [9.17, 15) is 13.2 Å². The molecule has 0 spiro atoms. The van der Waals surface area contributed by atoms with Gasteiger partial charge in [0.15, 0.2) is 0 Å². The molecular weight excluding hydrogens is 364 g/mol. The number of nitrogens with one attached hydrogen (secondary N) is 1. The van der Waals surface area contributed by atoms with E-state index in [1.807, 2.05) is 0 Å². The number of thiophene rings is 1. The molecule has 3 N–H and O–H groups in total. The van der Waals surface area contributed by atoms with Crippen molar-refractivity contribution in [3.05, 3.63) is 14.9 Å². The smallest absolute Gasteiger partial charge is 0.250 e. The Kier molecular flexibility index (Phi) is 4.82. The predicted octanol–water partition coefficient (Wildman–Crippen LogP) is 2.10. The summed E-state index contributed by atoms with van der Waals surface area (Å²) >= 11 is 9.94. The third-order valence-electron chi connectivity index (χ3n) is 1.91. The molecule has 18 heavy (non-hydrogen) atoms. The summed E-state index contributed by atoms with van der Waals surface area (Å²) in [4.78, 5) is 10.9. The molecule has 1 amide bonds. The summed E-state index contributed by atoms with van der Waals surface area (Å²) in [7, 11) is -3.72. The lowest BCUT2D eigenvalue weighted by Gasteiger charge is -2.23. The summed E-state index contributed by atoms with van der Waals surface area (Å²) in [6, 6.07) is 1.35. The molecule has 0 aromatic carbocycles. The average Bonchev–Trinajstić information content (AvgIpc) is 2.42. The highest BCUT2D eigenvalue weighted by atomic mass is 79.9. The standard InChI is InChI=1S/C9H12BrClN2O3S2/c1-9(2,4-6(12)14)13-18(15,16)7-3-5(11)8(10)17-7/h3,13H,4H2,1-2H3,(H2,12,14). The van der Waals surface area contributed by atoms with Crippen molar-refractivity contribution in [3.63, 3.8) is 0 Å². The number of hydrogen-bond donors (Lipinski definition) is 2. The van der Waals surface area contributed by atoms with Crippen molar-refractivity contribution in [2.24, 2.45) is 5.73 Å². The molecule has 0 aliphatic carbocycles. The number of sulfonamides is 1. The largest absolute Gasteiger partial charge is 0.370 e. The van der Waals surface area contributed by atoms with Gasteiger partial charge >= 0.3 is 0 Å². The zero-order valence-corrected chi connectivity index (χ0v) is 13.6. The Morgan fingerprint density at radius 2 is 2.17 bits per heavy atom. The minimum Gasteiger partial charge on any atom is -0.370 e. The van der Waals surface area contributed by atoms with Crippen molar-refractivity contribution in [2.75, 3.05) is 0 Å². The number of rotatable bonds is 5. The molecule has 0 saturated heterocycles. The maximum atomic E-state index is 12.1. The van der Waals surface area contributed by atoms with Crippen molar-refractivity contribution in [1.82, 2.24) is 4.72 Å². The lowest BCUT2D eigenvalue weighted by Crippen LogP contribution is -2.45. The van der Waals surface area contributed by atoms with Crippen molar-refractivity contribution in [2.45, 2.75) is 30.0 Å². The quantitative estimate of drug-likeness (QED) is 0.826. The average molecular weight is 376 g/mol. The van der Waals surface area contributed by atoms with Crippen LogP contribution in [-0.2, 0) is 14.8 Å². The third kappa shape index (κ3) is 4.20. The predicted molar refractivity (Wildman–Crippen MR) is 75.2 cm³/mol. The van der Waals surface area contributed by atoms with Gasteiger partial charge in [-0.15, -0.1) is 11.3 Å². The monoisotopic (exact) mass is 374 g/mol. The first-order valence-electron chi connectivity index (χ1n) is 4.81. The molecule has 0 bridgehead atoms. The van der Waals surface area contributed by atoms with Crippen LogP contribution < -0.4 is 10.5 Å². The lowest BCUT2D eigenvalue weighted by molar-refractivity contribution is -0.119. The normalized spacial score (nSPS) is 12.7. The molecule has 1 aromatic heterocycles. The van der Waals surface area contributed by atoms with Crippen molar-refractivity contribution in [1.29, 1.82) is 0 Å². The molecule has 9 heteroatoms. The topological polar surface area (TPSA) is 89.3 Å². The van der Waals surface area contributed by atoms with Gasteiger partial charge in [-0.1, -0.05) is 11.6 Å². The molecule has 0 radical (unpaired) electrons. The molecule has 1 rings (SSSR count). The van der Waals surface area contributed by atoms with E-state index in [4.69, 9.17) is 17.3 Å². The Bertz CT molecular complexity index is 549. The maximum absolute atomic E-state index is 12.1. The zero-order chi connectivity index (χ0) is 14.1. The highest BCUT2D eigenvalue weighted by Crippen LogP contribution is 2.34. The summed E-state index contributed by atoms with van der Waals surface area (Å²) in [5.41, 5.74) is 4.11. The van der Waals surface area contributed by atoms with Crippen LogP contribution in [0.5, 0.6) is 0 Å². The van der Waals surface area contributed by atoms with Crippen LogP contribution >= 0.6 is 38.9 Å². The Balaban J connectivity index is 2.98. The second-order valence-corrected chi connectivity index (χ2v) is 9.01. The molecule has 1 heterocycles. The Morgan fingerprint density at radius 3 is 2.56 bits per heavy atom. The van der Waals surface area contributed by atoms with E-state index >= 15 is 0 Å². The van der Waals surface area contributed by atoms with Gasteiger partial charge in [-0.05, 0) is 35.8 Å². The molecule has 0 unspecified atom stereocenters. The second kappa shape index (κ2) is 5.46. The molecule has 1 aromatic rings. The van der Waals surface area contributed by atoms with E-state index in [1.54, 1.807) is 13.8 Å². The fourth-order valence-electron chi connectivity index (χ4n) is 1.34. The number of carbonyl (C=O) groups excluding carboxylic acids is 1. The maximum Gasteiger partial charge on any atom is 0.250 e. The molecule has 0 atom stereocenters. The van der Waals surface area contributed by atoms with E-state index in [2.05, 4.69) is 20.7 Å². The van der Waals surface area contributed by atoms with Gasteiger partial charge in [-0.3, -0.25) is 4.79 Å². The highest BCUT2D eigenvalue weighted by molar-refractivity contribution is 9.11.